The summed E-state index contributed by atoms with van der Waals surface area (Å²) < 4.78 is 14.8. The highest BCUT2D eigenvalue weighted by Gasteiger charge is 2.23. The molecule has 4 nitrogen and oxygen atoms in total. The second-order valence-electron chi connectivity index (χ2n) is 5.66. The molecule has 1 aromatic carbocycles. The first-order chi connectivity index (χ1) is 9.81. The summed E-state index contributed by atoms with van der Waals surface area (Å²) in [5.74, 6) is -0.302. The molecule has 2 rings (SSSR count). The number of benzene rings is 1. The van der Waals surface area contributed by atoms with Crippen LogP contribution in [0.1, 0.15) is 29.4 Å². The predicted molar refractivity (Wildman–Crippen MR) is 80.4 cm³/mol. The van der Waals surface area contributed by atoms with Gasteiger partial charge in [-0.2, -0.15) is 5.10 Å². The first-order valence-corrected chi connectivity index (χ1v) is 6.99. The molecule has 1 unspecified atom stereocenters. The number of nitrogens with zero attached hydrogens (tertiary/aromatic N) is 2. The van der Waals surface area contributed by atoms with Gasteiger partial charge in [-0.25, -0.2) is 4.39 Å². The zero-order chi connectivity index (χ0) is 15.6. The van der Waals surface area contributed by atoms with Crippen LogP contribution in [-0.2, 0) is 19.2 Å². The average Bonchev–Trinajstić information content (AvgIpc) is 2.65. The van der Waals surface area contributed by atoms with Crippen molar-refractivity contribution in [1.82, 2.24) is 15.1 Å². The molecular weight excluding hydrogens is 269 g/mol. The number of hydrogen-bond acceptors (Lipinski definition) is 3. The van der Waals surface area contributed by atoms with Gasteiger partial charge in [0.2, 0.25) is 0 Å². The number of nitrogens with one attached hydrogen (secondary N) is 1. The summed E-state index contributed by atoms with van der Waals surface area (Å²) in [6.07, 6.45) is 0. The zero-order valence-corrected chi connectivity index (χ0v) is 12.9. The van der Waals surface area contributed by atoms with Gasteiger partial charge in [0.05, 0.1) is 11.3 Å². The summed E-state index contributed by atoms with van der Waals surface area (Å²) in [7, 11) is 1.92. The molecule has 114 valence electrons. The Morgan fingerprint density at radius 3 is 2.43 bits per heavy atom. The first kappa shape index (κ1) is 15.7. The van der Waals surface area contributed by atoms with Crippen LogP contribution in [0.15, 0.2) is 24.3 Å². The van der Waals surface area contributed by atoms with Gasteiger partial charge in [-0.3, -0.25) is 4.68 Å². The maximum absolute atomic E-state index is 12.9. The molecule has 0 saturated carbocycles. The fraction of sp³-hybridized carbons (Fsp3) is 0.438. The van der Waals surface area contributed by atoms with E-state index in [1.807, 2.05) is 25.6 Å². The van der Waals surface area contributed by atoms with Gasteiger partial charge < -0.3 is 10.4 Å². The molecule has 2 N–H and O–H groups in total. The molecule has 0 spiro atoms. The van der Waals surface area contributed by atoms with Gasteiger partial charge in [0.1, 0.15) is 5.82 Å². The molecule has 0 bridgehead atoms. The predicted octanol–water partition coefficient (Wildman–Crippen LogP) is 2.17. The van der Waals surface area contributed by atoms with Crippen molar-refractivity contribution in [1.29, 1.82) is 0 Å². The summed E-state index contributed by atoms with van der Waals surface area (Å²) in [4.78, 5) is 0. The lowest BCUT2D eigenvalue weighted by atomic mass is 9.96. The van der Waals surface area contributed by atoms with Crippen molar-refractivity contribution in [2.45, 2.75) is 32.9 Å². The second kappa shape index (κ2) is 5.95. The Hall–Kier alpha value is -1.72. The SMILES string of the molecule is Cc1nn(C)c(C)c1CNCC(C)(O)c1ccc(F)cc1. The van der Waals surface area contributed by atoms with Gasteiger partial charge in [-0.1, -0.05) is 12.1 Å². The van der Waals surface area contributed by atoms with Crippen LogP contribution in [0.4, 0.5) is 4.39 Å². The number of halogens is 1. The van der Waals surface area contributed by atoms with Crippen LogP contribution in [0.5, 0.6) is 0 Å². The van der Waals surface area contributed by atoms with Crippen molar-refractivity contribution in [2.24, 2.45) is 7.05 Å². The van der Waals surface area contributed by atoms with Crippen LogP contribution < -0.4 is 5.32 Å². The van der Waals surface area contributed by atoms with E-state index in [4.69, 9.17) is 0 Å². The minimum Gasteiger partial charge on any atom is -0.384 e. The molecule has 5 heteroatoms. The van der Waals surface area contributed by atoms with Crippen LogP contribution in [-0.4, -0.2) is 21.4 Å². The van der Waals surface area contributed by atoms with Crippen LogP contribution in [0.2, 0.25) is 0 Å². The Labute approximate surface area is 124 Å². The Bertz CT molecular complexity index is 617. The van der Waals surface area contributed by atoms with Crippen LogP contribution in [0.25, 0.3) is 0 Å². The maximum atomic E-state index is 12.9. The van der Waals surface area contributed by atoms with Crippen molar-refractivity contribution in [3.8, 4) is 0 Å². The first-order valence-electron chi connectivity index (χ1n) is 6.99. The van der Waals surface area contributed by atoms with E-state index >= 15 is 0 Å². The number of rotatable bonds is 5. The van der Waals surface area contributed by atoms with Gasteiger partial charge >= 0.3 is 0 Å². The molecule has 1 aromatic heterocycles. The van der Waals surface area contributed by atoms with E-state index in [9.17, 15) is 9.50 Å². The van der Waals surface area contributed by atoms with Gasteiger partial charge in [0.25, 0.3) is 0 Å². The molecule has 0 amide bonds. The van der Waals surface area contributed by atoms with E-state index in [-0.39, 0.29) is 5.82 Å². The minimum absolute atomic E-state index is 0.302. The van der Waals surface area contributed by atoms with Crippen molar-refractivity contribution in [2.75, 3.05) is 6.54 Å². The highest BCUT2D eigenvalue weighted by Crippen LogP contribution is 2.20. The van der Waals surface area contributed by atoms with E-state index in [2.05, 4.69) is 10.4 Å². The third-order valence-corrected chi connectivity index (χ3v) is 3.90. The lowest BCUT2D eigenvalue weighted by Gasteiger charge is -2.24. The molecule has 1 heterocycles. The third-order valence-electron chi connectivity index (χ3n) is 3.90. The highest BCUT2D eigenvalue weighted by molar-refractivity contribution is 5.25. The van der Waals surface area contributed by atoms with Gasteiger partial charge in [0, 0.05) is 31.4 Å². The van der Waals surface area contributed by atoms with E-state index in [0.717, 1.165) is 17.0 Å². The summed E-state index contributed by atoms with van der Waals surface area (Å²) in [6, 6.07) is 5.94. The summed E-state index contributed by atoms with van der Waals surface area (Å²) >= 11 is 0. The lowest BCUT2D eigenvalue weighted by Crippen LogP contribution is -2.35. The molecular formula is C16H22FN3O. The van der Waals surface area contributed by atoms with E-state index in [0.29, 0.717) is 18.7 Å². The smallest absolute Gasteiger partial charge is 0.123 e. The Balaban J connectivity index is 2.00. The second-order valence-corrected chi connectivity index (χ2v) is 5.66. The molecule has 0 radical (unpaired) electrons. The van der Waals surface area contributed by atoms with Gasteiger partial charge in [0.15, 0.2) is 0 Å². The van der Waals surface area contributed by atoms with Crippen molar-refractivity contribution in [3.63, 3.8) is 0 Å². The topological polar surface area (TPSA) is 50.1 Å². The number of aliphatic hydroxyl groups is 1. The maximum Gasteiger partial charge on any atom is 0.123 e. The number of aryl methyl sites for hydroxylation is 2. The van der Waals surface area contributed by atoms with Crippen molar-refractivity contribution >= 4 is 0 Å². The summed E-state index contributed by atoms with van der Waals surface area (Å²) in [5, 5.41) is 18.1. The molecule has 2 aromatic rings. The fourth-order valence-corrected chi connectivity index (χ4v) is 2.42. The molecule has 21 heavy (non-hydrogen) atoms. The monoisotopic (exact) mass is 291 g/mol. The summed E-state index contributed by atoms with van der Waals surface area (Å²) in [5.41, 5.74) is 2.89. The Morgan fingerprint density at radius 2 is 1.90 bits per heavy atom. The van der Waals surface area contributed by atoms with E-state index in [1.165, 1.54) is 12.1 Å². The molecule has 0 saturated heterocycles. The Kier molecular flexibility index (Phi) is 4.44. The largest absolute Gasteiger partial charge is 0.384 e. The standard InChI is InChI=1S/C16H22FN3O/c1-11-15(12(2)20(4)19-11)9-18-10-16(3,21)13-5-7-14(17)8-6-13/h5-8,18,21H,9-10H2,1-4H3. The zero-order valence-electron chi connectivity index (χ0n) is 12.9. The average molecular weight is 291 g/mol. The third kappa shape index (κ3) is 3.49. The van der Waals surface area contributed by atoms with Crippen molar-refractivity contribution in [3.05, 3.63) is 52.6 Å². The molecule has 0 aliphatic carbocycles. The van der Waals surface area contributed by atoms with E-state index in [1.54, 1.807) is 19.1 Å². The highest BCUT2D eigenvalue weighted by atomic mass is 19.1. The summed E-state index contributed by atoms with van der Waals surface area (Å²) in [6.45, 7) is 6.74. The quantitative estimate of drug-likeness (QED) is 0.887. The van der Waals surface area contributed by atoms with E-state index < -0.39 is 5.60 Å². The molecule has 0 aliphatic heterocycles. The molecule has 0 aliphatic rings. The number of hydrogen-bond donors (Lipinski definition) is 2. The lowest BCUT2D eigenvalue weighted by molar-refractivity contribution is 0.0566. The minimum atomic E-state index is -1.04. The molecule has 1 atom stereocenters. The Morgan fingerprint density at radius 1 is 1.29 bits per heavy atom. The van der Waals surface area contributed by atoms with Crippen molar-refractivity contribution < 1.29 is 9.50 Å². The fourth-order valence-electron chi connectivity index (χ4n) is 2.42. The van der Waals surface area contributed by atoms with Gasteiger partial charge in [-0.05, 0) is 38.5 Å². The normalized spacial score (nSPS) is 14.2. The van der Waals surface area contributed by atoms with Gasteiger partial charge in [-0.15, -0.1) is 0 Å². The number of aromatic nitrogens is 2. The van der Waals surface area contributed by atoms with Crippen LogP contribution in [0.3, 0.4) is 0 Å². The van der Waals surface area contributed by atoms with Crippen LogP contribution in [0, 0.1) is 19.7 Å². The molecule has 0 fully saturated rings. The van der Waals surface area contributed by atoms with Crippen LogP contribution >= 0.6 is 0 Å².